The Hall–Kier alpha value is -3.16. The number of aromatic hydroxyl groups is 2. The molecular formula is C28H33ClN2O5. The molecule has 2 atom stereocenters. The average molecular weight is 513 g/mol. The van der Waals surface area contributed by atoms with E-state index in [0.29, 0.717) is 31.1 Å². The molecule has 36 heavy (non-hydrogen) atoms. The number of hydrogen-bond donors (Lipinski definition) is 3. The van der Waals surface area contributed by atoms with Crippen molar-refractivity contribution < 1.29 is 24.9 Å². The normalized spacial score (nSPS) is 16.9. The molecule has 8 heteroatoms. The summed E-state index contributed by atoms with van der Waals surface area (Å²) in [6.45, 7) is 6.15. The lowest BCUT2D eigenvalue weighted by molar-refractivity contribution is -0.144. The molecule has 0 fully saturated rings. The van der Waals surface area contributed by atoms with Crippen molar-refractivity contribution in [1.82, 2.24) is 9.47 Å². The lowest BCUT2D eigenvalue weighted by Crippen LogP contribution is -2.35. The van der Waals surface area contributed by atoms with Gasteiger partial charge in [-0.05, 0) is 66.8 Å². The van der Waals surface area contributed by atoms with Crippen LogP contribution in [0, 0.1) is 12.8 Å². The van der Waals surface area contributed by atoms with Crippen LogP contribution in [-0.2, 0) is 24.3 Å². The minimum absolute atomic E-state index is 0.00855. The van der Waals surface area contributed by atoms with E-state index < -0.39 is 11.9 Å². The molecule has 1 aliphatic rings. The number of carbonyl (C=O) groups is 1. The Balaban J connectivity index is 1.50. The van der Waals surface area contributed by atoms with Gasteiger partial charge in [0, 0.05) is 29.7 Å². The fourth-order valence-corrected chi connectivity index (χ4v) is 5.28. The molecule has 4 rings (SSSR count). The molecule has 0 spiro atoms. The van der Waals surface area contributed by atoms with Crippen LogP contribution in [0.1, 0.15) is 48.1 Å². The smallest absolute Gasteiger partial charge is 0.308 e. The summed E-state index contributed by atoms with van der Waals surface area (Å²) in [4.78, 5) is 14.5. The second-order valence-electron chi connectivity index (χ2n) is 9.41. The molecule has 0 amide bonds. The van der Waals surface area contributed by atoms with Crippen molar-refractivity contribution in [1.29, 1.82) is 0 Å². The number of ether oxygens (including phenoxy) is 1. The molecule has 2 aromatic carbocycles. The lowest BCUT2D eigenvalue weighted by Gasteiger charge is -2.32. The van der Waals surface area contributed by atoms with Gasteiger partial charge in [0.05, 0.1) is 12.5 Å². The fraction of sp³-hybridized carbons (Fsp3) is 0.393. The highest BCUT2D eigenvalue weighted by Gasteiger charge is 2.40. The summed E-state index contributed by atoms with van der Waals surface area (Å²) in [7, 11) is 0. The van der Waals surface area contributed by atoms with Gasteiger partial charge in [-0.25, -0.2) is 0 Å². The first-order chi connectivity index (χ1) is 17.3. The van der Waals surface area contributed by atoms with Crippen LogP contribution in [0.25, 0.3) is 0 Å². The van der Waals surface area contributed by atoms with Crippen molar-refractivity contribution in [3.8, 4) is 17.5 Å². The Labute approximate surface area is 216 Å². The number of aryl methyl sites for hydroxylation is 1. The van der Waals surface area contributed by atoms with Crippen LogP contribution < -0.4 is 4.74 Å². The molecule has 0 saturated carbocycles. The Bertz CT molecular complexity index is 1210. The Kier molecular flexibility index (Phi) is 8.11. The predicted molar refractivity (Wildman–Crippen MR) is 139 cm³/mol. The maximum Gasteiger partial charge on any atom is 0.308 e. The topological polar surface area (TPSA) is 95.2 Å². The zero-order valence-corrected chi connectivity index (χ0v) is 21.4. The summed E-state index contributed by atoms with van der Waals surface area (Å²) < 4.78 is 7.28. The predicted octanol–water partition coefficient (Wildman–Crippen LogP) is 5.54. The number of aliphatic carboxylic acids is 1. The van der Waals surface area contributed by atoms with Gasteiger partial charge in [0.2, 0.25) is 0 Å². The van der Waals surface area contributed by atoms with Crippen molar-refractivity contribution >= 4 is 17.6 Å². The summed E-state index contributed by atoms with van der Waals surface area (Å²) in [5.74, 6) is -0.583. The van der Waals surface area contributed by atoms with E-state index in [1.165, 1.54) is 16.7 Å². The molecule has 1 aliphatic carbocycles. The van der Waals surface area contributed by atoms with Crippen LogP contribution in [0.4, 0.5) is 0 Å². The van der Waals surface area contributed by atoms with Gasteiger partial charge in [-0.3, -0.25) is 14.3 Å². The van der Waals surface area contributed by atoms with Crippen LogP contribution >= 0.6 is 11.6 Å². The molecular weight excluding hydrogens is 480 g/mol. The number of nitrogens with zero attached hydrogens (tertiary/aromatic N) is 2. The van der Waals surface area contributed by atoms with Crippen LogP contribution in [-0.4, -0.2) is 43.9 Å². The standard InChI is InChI=1S/C28H33ClN2O5/c1-3-4-11-30(27-22-7-6-21(29)15-20(22)16-23(27)28(34)35)17-19-5-8-24(18(2)14-19)36-13-12-31-25(32)9-10-26(31)33/h5-10,14-15,23,27,32-33H,3-4,11-13,16-17H2,1-2H3,(H,34,35). The summed E-state index contributed by atoms with van der Waals surface area (Å²) >= 11 is 6.21. The third-order valence-corrected chi connectivity index (χ3v) is 7.12. The SMILES string of the molecule is CCCCN(Cc1ccc(OCCn2c(O)ccc2O)c(C)c1)C1c2ccc(Cl)cc2CC1C(=O)O. The highest BCUT2D eigenvalue weighted by molar-refractivity contribution is 6.30. The number of hydrogen-bond acceptors (Lipinski definition) is 5. The van der Waals surface area contributed by atoms with Gasteiger partial charge in [0.15, 0.2) is 11.8 Å². The zero-order chi connectivity index (χ0) is 25.8. The Morgan fingerprint density at radius 1 is 1.14 bits per heavy atom. The first kappa shape index (κ1) is 25.9. The quantitative estimate of drug-likeness (QED) is 0.312. The van der Waals surface area contributed by atoms with E-state index in [2.05, 4.69) is 17.9 Å². The summed E-state index contributed by atoms with van der Waals surface area (Å²) in [5.41, 5.74) is 4.12. The average Bonchev–Trinajstić information content (AvgIpc) is 3.37. The fourth-order valence-electron chi connectivity index (χ4n) is 5.08. The first-order valence-electron chi connectivity index (χ1n) is 12.3. The first-order valence-corrected chi connectivity index (χ1v) is 12.7. The van der Waals surface area contributed by atoms with Gasteiger partial charge in [-0.2, -0.15) is 0 Å². The van der Waals surface area contributed by atoms with Crippen LogP contribution in [0.5, 0.6) is 17.5 Å². The number of unbranched alkanes of at least 4 members (excludes halogenated alkanes) is 1. The molecule has 0 aliphatic heterocycles. The van der Waals surface area contributed by atoms with Crippen molar-refractivity contribution in [2.75, 3.05) is 13.2 Å². The molecule has 192 valence electrons. The largest absolute Gasteiger partial charge is 0.494 e. The van der Waals surface area contributed by atoms with Gasteiger partial charge in [0.25, 0.3) is 0 Å². The Morgan fingerprint density at radius 3 is 2.56 bits per heavy atom. The summed E-state index contributed by atoms with van der Waals surface area (Å²) in [6.07, 6.45) is 2.48. The number of benzene rings is 2. The number of carboxylic acids is 1. The van der Waals surface area contributed by atoms with Gasteiger partial charge in [-0.1, -0.05) is 43.1 Å². The van der Waals surface area contributed by atoms with Crippen molar-refractivity contribution in [2.45, 2.75) is 52.2 Å². The maximum atomic E-state index is 12.2. The second kappa shape index (κ2) is 11.3. The summed E-state index contributed by atoms with van der Waals surface area (Å²) in [5, 5.41) is 30.2. The molecule has 2 unspecified atom stereocenters. The highest BCUT2D eigenvalue weighted by Crippen LogP contribution is 2.42. The van der Waals surface area contributed by atoms with E-state index in [4.69, 9.17) is 16.3 Å². The summed E-state index contributed by atoms with van der Waals surface area (Å²) in [6, 6.07) is 14.4. The van der Waals surface area contributed by atoms with Crippen molar-refractivity contribution in [3.63, 3.8) is 0 Å². The number of carboxylic acid groups (broad SMARTS) is 1. The third kappa shape index (κ3) is 5.63. The minimum Gasteiger partial charge on any atom is -0.494 e. The maximum absolute atomic E-state index is 12.2. The second-order valence-corrected chi connectivity index (χ2v) is 9.85. The minimum atomic E-state index is -0.784. The number of aromatic nitrogens is 1. The molecule has 3 N–H and O–H groups in total. The van der Waals surface area contributed by atoms with Crippen LogP contribution in [0.2, 0.25) is 5.02 Å². The Morgan fingerprint density at radius 2 is 1.89 bits per heavy atom. The van der Waals surface area contributed by atoms with Crippen LogP contribution in [0.15, 0.2) is 48.5 Å². The number of rotatable bonds is 11. The lowest BCUT2D eigenvalue weighted by atomic mass is 9.97. The molecule has 0 bridgehead atoms. The molecule has 0 saturated heterocycles. The van der Waals surface area contributed by atoms with E-state index in [9.17, 15) is 20.1 Å². The molecule has 0 radical (unpaired) electrons. The number of halogens is 1. The van der Waals surface area contributed by atoms with Gasteiger partial charge in [0.1, 0.15) is 12.4 Å². The number of fused-ring (bicyclic) bond motifs is 1. The van der Waals surface area contributed by atoms with Crippen molar-refractivity contribution in [3.05, 3.63) is 75.8 Å². The van der Waals surface area contributed by atoms with Crippen molar-refractivity contribution in [2.24, 2.45) is 5.92 Å². The monoisotopic (exact) mass is 512 g/mol. The van der Waals surface area contributed by atoms with Gasteiger partial charge in [-0.15, -0.1) is 0 Å². The molecule has 3 aromatic rings. The van der Waals surface area contributed by atoms with E-state index >= 15 is 0 Å². The molecule has 7 nitrogen and oxygen atoms in total. The van der Waals surface area contributed by atoms with E-state index in [0.717, 1.165) is 47.4 Å². The van der Waals surface area contributed by atoms with Gasteiger partial charge >= 0.3 is 5.97 Å². The molecule has 1 aromatic heterocycles. The molecule has 1 heterocycles. The third-order valence-electron chi connectivity index (χ3n) is 6.89. The van der Waals surface area contributed by atoms with E-state index in [1.54, 1.807) is 0 Å². The highest BCUT2D eigenvalue weighted by atomic mass is 35.5. The van der Waals surface area contributed by atoms with E-state index in [-0.39, 0.29) is 17.8 Å². The van der Waals surface area contributed by atoms with Crippen LogP contribution in [0.3, 0.4) is 0 Å². The van der Waals surface area contributed by atoms with Gasteiger partial charge < -0.3 is 20.1 Å². The zero-order valence-electron chi connectivity index (χ0n) is 20.7. The van der Waals surface area contributed by atoms with E-state index in [1.807, 2.05) is 37.3 Å².